The molecule has 0 nitrogen and oxygen atoms in total. The van der Waals surface area contributed by atoms with Crippen molar-refractivity contribution < 1.29 is 0 Å². The zero-order valence-electron chi connectivity index (χ0n) is 24.3. The molecule has 0 fully saturated rings. The van der Waals surface area contributed by atoms with E-state index in [4.69, 9.17) is 0 Å². The Hall–Kier alpha value is -5.46. The van der Waals surface area contributed by atoms with Gasteiger partial charge in [-0.15, -0.1) is 0 Å². The smallest absolute Gasteiger partial charge is 0.00132 e. The predicted octanol–water partition coefficient (Wildman–Crippen LogP) is 11.6. The summed E-state index contributed by atoms with van der Waals surface area (Å²) in [5.41, 5.74) is 16.4. The molecule has 0 N–H and O–H groups in total. The number of rotatable bonds is 2. The summed E-state index contributed by atoms with van der Waals surface area (Å²) in [5, 5.41) is 7.86. The minimum atomic E-state index is 1.00. The molecule has 0 heteroatoms. The van der Waals surface area contributed by atoms with Gasteiger partial charge in [-0.1, -0.05) is 133 Å². The first-order valence-electron chi connectivity index (χ1n) is 15.6. The minimum Gasteiger partial charge on any atom is -0.0619 e. The molecule has 8 aromatic rings. The van der Waals surface area contributed by atoms with E-state index in [2.05, 4.69) is 146 Å². The molecule has 0 spiro atoms. The van der Waals surface area contributed by atoms with Crippen LogP contribution in [0.5, 0.6) is 0 Å². The van der Waals surface area contributed by atoms with Gasteiger partial charge in [0.15, 0.2) is 0 Å². The van der Waals surface area contributed by atoms with E-state index in [9.17, 15) is 0 Å². The number of hydrogen-bond acceptors (Lipinski definition) is 0. The highest BCUT2D eigenvalue weighted by atomic mass is 14.3. The van der Waals surface area contributed by atoms with Gasteiger partial charge in [0.25, 0.3) is 0 Å². The Labute approximate surface area is 256 Å². The van der Waals surface area contributed by atoms with Gasteiger partial charge < -0.3 is 0 Å². The van der Waals surface area contributed by atoms with Crippen LogP contribution in [0.25, 0.3) is 76.8 Å². The summed E-state index contributed by atoms with van der Waals surface area (Å²) < 4.78 is 0. The summed E-state index contributed by atoms with van der Waals surface area (Å²) in [7, 11) is 0. The third-order valence-electron chi connectivity index (χ3n) is 10.1. The van der Waals surface area contributed by atoms with Crippen molar-refractivity contribution in [1.82, 2.24) is 0 Å². The fraction of sp³-hybridized carbons (Fsp3) is 0.0455. The van der Waals surface area contributed by atoms with Crippen molar-refractivity contribution in [3.63, 3.8) is 0 Å². The van der Waals surface area contributed by atoms with Crippen LogP contribution in [0.3, 0.4) is 0 Å². The largest absolute Gasteiger partial charge is 0.0619 e. The van der Waals surface area contributed by atoms with Crippen LogP contribution in [-0.4, -0.2) is 0 Å². The van der Waals surface area contributed by atoms with Gasteiger partial charge >= 0.3 is 0 Å². The highest BCUT2D eigenvalue weighted by Gasteiger charge is 2.21. The molecule has 0 unspecified atom stereocenters. The second kappa shape index (κ2) is 9.02. The van der Waals surface area contributed by atoms with Gasteiger partial charge in [0.1, 0.15) is 0 Å². The number of benzene rings is 8. The fourth-order valence-corrected chi connectivity index (χ4v) is 8.05. The summed E-state index contributed by atoms with van der Waals surface area (Å²) in [6.45, 7) is 0. The second-order valence-corrected chi connectivity index (χ2v) is 12.4. The molecule has 0 aromatic heterocycles. The van der Waals surface area contributed by atoms with E-state index < -0.39 is 0 Å². The SMILES string of the molecule is c1ccc2c(c1)Cc1cc(-c3cc4c5ccccc5c(-c5ccc6c(c5)Cc5ccccc5-6)cc4c4ccccc34)ccc1-2. The van der Waals surface area contributed by atoms with Crippen LogP contribution in [-0.2, 0) is 12.8 Å². The molecular weight excluding hydrogens is 528 g/mol. The highest BCUT2D eigenvalue weighted by molar-refractivity contribution is 6.24. The standard InChI is InChI=1S/C44H28/c1-3-11-33-27(9-1)21-31-23-29(17-19-35(31)33)41-25-43-40-16-8-6-14-38(40)42(26-44(43)39-15-7-5-13-37(39)41)30-18-20-36-32(24-30)22-28-10-2-4-12-34(28)36/h1-20,23-26H,21-22H2. The molecule has 0 amide bonds. The maximum atomic E-state index is 2.45. The highest BCUT2D eigenvalue weighted by Crippen LogP contribution is 2.45. The van der Waals surface area contributed by atoms with E-state index in [1.54, 1.807) is 0 Å². The van der Waals surface area contributed by atoms with Crippen molar-refractivity contribution in [2.24, 2.45) is 0 Å². The molecule has 0 atom stereocenters. The summed E-state index contributed by atoms with van der Waals surface area (Å²) in [4.78, 5) is 0. The lowest BCUT2D eigenvalue weighted by Crippen LogP contribution is -1.90. The molecule has 10 rings (SSSR count). The van der Waals surface area contributed by atoms with E-state index in [-0.39, 0.29) is 0 Å². The average molecular weight is 557 g/mol. The molecule has 0 bridgehead atoms. The van der Waals surface area contributed by atoms with Gasteiger partial charge in [-0.2, -0.15) is 0 Å². The molecule has 2 aliphatic carbocycles. The molecule has 0 aliphatic heterocycles. The molecule has 0 saturated carbocycles. The summed E-state index contributed by atoms with van der Waals surface area (Å²) in [5.74, 6) is 0. The van der Waals surface area contributed by atoms with Crippen molar-refractivity contribution in [1.29, 1.82) is 0 Å². The Morgan fingerprint density at radius 2 is 0.636 bits per heavy atom. The first kappa shape index (κ1) is 24.0. The first-order valence-corrected chi connectivity index (χ1v) is 15.6. The van der Waals surface area contributed by atoms with Gasteiger partial charge in [0.05, 0.1) is 0 Å². The Kier molecular flexibility index (Phi) is 4.93. The molecule has 0 heterocycles. The van der Waals surface area contributed by atoms with Crippen molar-refractivity contribution in [3.05, 3.63) is 168 Å². The molecule has 2 aliphatic rings. The average Bonchev–Trinajstić information content (AvgIpc) is 3.65. The maximum absolute atomic E-state index is 2.45. The van der Waals surface area contributed by atoms with Gasteiger partial charge in [0.2, 0.25) is 0 Å². The zero-order valence-corrected chi connectivity index (χ0v) is 24.3. The Morgan fingerprint density at radius 3 is 1.11 bits per heavy atom. The Morgan fingerprint density at radius 1 is 0.250 bits per heavy atom. The van der Waals surface area contributed by atoms with Crippen LogP contribution in [0.15, 0.2) is 146 Å². The van der Waals surface area contributed by atoms with Crippen molar-refractivity contribution >= 4 is 32.3 Å². The van der Waals surface area contributed by atoms with E-state index in [0.717, 1.165) is 12.8 Å². The number of fused-ring (bicyclic) bond motifs is 11. The van der Waals surface area contributed by atoms with Crippen LogP contribution in [0, 0.1) is 0 Å². The lowest BCUT2D eigenvalue weighted by molar-refractivity contribution is 1.26. The van der Waals surface area contributed by atoms with Crippen LogP contribution >= 0.6 is 0 Å². The lowest BCUT2D eigenvalue weighted by Gasteiger charge is -2.17. The number of hydrogen-bond donors (Lipinski definition) is 0. The van der Waals surface area contributed by atoms with Crippen molar-refractivity contribution in [2.75, 3.05) is 0 Å². The summed E-state index contributed by atoms with van der Waals surface area (Å²) in [6.07, 6.45) is 2.01. The molecule has 204 valence electrons. The van der Waals surface area contributed by atoms with E-state index >= 15 is 0 Å². The van der Waals surface area contributed by atoms with Crippen molar-refractivity contribution in [2.45, 2.75) is 12.8 Å². The second-order valence-electron chi connectivity index (χ2n) is 12.4. The normalized spacial score (nSPS) is 12.8. The third kappa shape index (κ3) is 3.40. The third-order valence-corrected chi connectivity index (χ3v) is 10.1. The van der Waals surface area contributed by atoms with E-state index in [1.165, 1.54) is 99.1 Å². The topological polar surface area (TPSA) is 0 Å². The van der Waals surface area contributed by atoms with Crippen LogP contribution in [0.2, 0.25) is 0 Å². The van der Waals surface area contributed by atoms with Gasteiger partial charge in [0, 0.05) is 0 Å². The van der Waals surface area contributed by atoms with Gasteiger partial charge in [-0.3, -0.25) is 0 Å². The Bertz CT molecular complexity index is 2320. The summed E-state index contributed by atoms with van der Waals surface area (Å²) >= 11 is 0. The predicted molar refractivity (Wildman–Crippen MR) is 186 cm³/mol. The Balaban J connectivity index is 1.20. The monoisotopic (exact) mass is 556 g/mol. The lowest BCUT2D eigenvalue weighted by atomic mass is 9.87. The molecule has 0 radical (unpaired) electrons. The first-order chi connectivity index (χ1) is 21.8. The molecule has 8 aromatic carbocycles. The van der Waals surface area contributed by atoms with Crippen LogP contribution in [0.1, 0.15) is 22.3 Å². The van der Waals surface area contributed by atoms with E-state index in [1.807, 2.05) is 0 Å². The van der Waals surface area contributed by atoms with Gasteiger partial charge in [-0.05, 0) is 124 Å². The maximum Gasteiger partial charge on any atom is -0.00132 e. The molecule has 44 heavy (non-hydrogen) atoms. The van der Waals surface area contributed by atoms with Crippen LogP contribution in [0.4, 0.5) is 0 Å². The van der Waals surface area contributed by atoms with E-state index in [0.29, 0.717) is 0 Å². The summed E-state index contributed by atoms with van der Waals surface area (Å²) in [6, 6.07) is 54.7. The van der Waals surface area contributed by atoms with Crippen molar-refractivity contribution in [3.8, 4) is 44.5 Å². The molecule has 0 saturated heterocycles. The zero-order chi connectivity index (χ0) is 28.8. The van der Waals surface area contributed by atoms with Crippen LogP contribution < -0.4 is 0 Å². The molecular formula is C44H28. The quantitative estimate of drug-likeness (QED) is 0.186. The fourth-order valence-electron chi connectivity index (χ4n) is 8.05. The van der Waals surface area contributed by atoms with Gasteiger partial charge in [-0.25, -0.2) is 0 Å². The minimum absolute atomic E-state index is 1.00.